The molecular weight excluding hydrogens is 288 g/mol. The van der Waals surface area contributed by atoms with Gasteiger partial charge in [-0.25, -0.2) is 9.50 Å². The number of nitrogens with one attached hydrogen (secondary N) is 1. The number of halogens is 1. The normalized spacial score (nSPS) is 11.2. The number of aromatic amines is 1. The lowest BCUT2D eigenvalue weighted by Crippen LogP contribution is -2.23. The first-order chi connectivity index (χ1) is 10.1. The van der Waals surface area contributed by atoms with Gasteiger partial charge >= 0.3 is 0 Å². The molecule has 0 radical (unpaired) electrons. The molecule has 0 aliphatic heterocycles. The van der Waals surface area contributed by atoms with Crippen LogP contribution in [0.5, 0.6) is 0 Å². The van der Waals surface area contributed by atoms with Gasteiger partial charge in [0.2, 0.25) is 0 Å². The van der Waals surface area contributed by atoms with Gasteiger partial charge in [-0.2, -0.15) is 0 Å². The number of aromatic nitrogens is 3. The molecule has 3 aromatic rings. The Morgan fingerprint density at radius 2 is 2.05 bits per heavy atom. The van der Waals surface area contributed by atoms with Gasteiger partial charge in [0.15, 0.2) is 5.65 Å². The van der Waals surface area contributed by atoms with E-state index in [4.69, 9.17) is 17.3 Å². The van der Waals surface area contributed by atoms with Crippen LogP contribution in [-0.2, 0) is 6.42 Å². The summed E-state index contributed by atoms with van der Waals surface area (Å²) < 4.78 is 1.46. The SMILES string of the molecule is Cc1nc2cc(-c3ccc(Cl)cc3)[nH]n2c(=O)c1CCN. The molecular formula is C15H15ClN4O. The number of aryl methyl sites for hydroxylation is 1. The zero-order chi connectivity index (χ0) is 15.0. The molecule has 2 aromatic heterocycles. The topological polar surface area (TPSA) is 76.2 Å². The van der Waals surface area contributed by atoms with Gasteiger partial charge in [-0.05, 0) is 37.6 Å². The van der Waals surface area contributed by atoms with Crippen molar-refractivity contribution in [2.24, 2.45) is 5.73 Å². The van der Waals surface area contributed by atoms with Gasteiger partial charge in [-0.1, -0.05) is 23.7 Å². The van der Waals surface area contributed by atoms with Crippen molar-refractivity contribution >= 4 is 17.2 Å². The summed E-state index contributed by atoms with van der Waals surface area (Å²) in [6.45, 7) is 2.26. The van der Waals surface area contributed by atoms with E-state index in [2.05, 4.69) is 10.1 Å². The Morgan fingerprint density at radius 3 is 2.71 bits per heavy atom. The van der Waals surface area contributed by atoms with Crippen LogP contribution in [0.4, 0.5) is 0 Å². The number of nitrogens with two attached hydrogens (primary N) is 1. The maximum atomic E-state index is 12.5. The molecule has 3 N–H and O–H groups in total. The highest BCUT2D eigenvalue weighted by Crippen LogP contribution is 2.21. The van der Waals surface area contributed by atoms with Crippen LogP contribution in [-0.4, -0.2) is 21.1 Å². The third-order valence-corrected chi connectivity index (χ3v) is 3.72. The summed E-state index contributed by atoms with van der Waals surface area (Å²) >= 11 is 5.89. The molecule has 0 spiro atoms. The molecule has 0 fully saturated rings. The zero-order valence-corrected chi connectivity index (χ0v) is 12.3. The van der Waals surface area contributed by atoms with E-state index in [9.17, 15) is 4.79 Å². The number of fused-ring (bicyclic) bond motifs is 1. The zero-order valence-electron chi connectivity index (χ0n) is 11.6. The van der Waals surface area contributed by atoms with E-state index in [1.807, 2.05) is 37.3 Å². The quantitative estimate of drug-likeness (QED) is 0.778. The molecule has 6 heteroatoms. The summed E-state index contributed by atoms with van der Waals surface area (Å²) in [4.78, 5) is 16.9. The van der Waals surface area contributed by atoms with Crippen molar-refractivity contribution in [3.05, 3.63) is 57.0 Å². The van der Waals surface area contributed by atoms with Crippen molar-refractivity contribution in [3.8, 4) is 11.3 Å². The second kappa shape index (κ2) is 5.35. The van der Waals surface area contributed by atoms with Crippen molar-refractivity contribution in [3.63, 3.8) is 0 Å². The van der Waals surface area contributed by atoms with Crippen molar-refractivity contribution in [1.29, 1.82) is 0 Å². The van der Waals surface area contributed by atoms with Crippen molar-refractivity contribution < 1.29 is 0 Å². The van der Waals surface area contributed by atoms with Crippen LogP contribution in [0.1, 0.15) is 11.3 Å². The molecule has 0 atom stereocenters. The number of benzene rings is 1. The first-order valence-corrected chi connectivity index (χ1v) is 7.05. The van der Waals surface area contributed by atoms with Crippen LogP contribution in [0, 0.1) is 6.92 Å². The van der Waals surface area contributed by atoms with E-state index in [1.54, 1.807) is 0 Å². The van der Waals surface area contributed by atoms with E-state index < -0.39 is 0 Å². The predicted molar refractivity (Wildman–Crippen MR) is 83.8 cm³/mol. The van der Waals surface area contributed by atoms with Gasteiger partial charge in [0, 0.05) is 22.3 Å². The summed E-state index contributed by atoms with van der Waals surface area (Å²) in [6.07, 6.45) is 0.524. The van der Waals surface area contributed by atoms with Gasteiger partial charge < -0.3 is 5.73 Å². The van der Waals surface area contributed by atoms with Crippen molar-refractivity contribution in [1.82, 2.24) is 14.6 Å². The average Bonchev–Trinajstić information content (AvgIpc) is 2.88. The number of H-pyrrole nitrogens is 1. The van der Waals surface area contributed by atoms with Crippen LogP contribution in [0.2, 0.25) is 5.02 Å². The second-order valence-electron chi connectivity index (χ2n) is 4.89. The Morgan fingerprint density at radius 1 is 1.33 bits per heavy atom. The average molecular weight is 303 g/mol. The predicted octanol–water partition coefficient (Wildman–Crippen LogP) is 2.15. The number of rotatable bonds is 3. The van der Waals surface area contributed by atoms with Gasteiger partial charge in [-0.3, -0.25) is 9.89 Å². The highest BCUT2D eigenvalue weighted by molar-refractivity contribution is 6.30. The van der Waals surface area contributed by atoms with Crippen LogP contribution in [0.25, 0.3) is 16.9 Å². The van der Waals surface area contributed by atoms with Crippen LogP contribution < -0.4 is 11.3 Å². The number of nitrogens with zero attached hydrogens (tertiary/aromatic N) is 2. The van der Waals surface area contributed by atoms with E-state index in [0.717, 1.165) is 17.0 Å². The standard InChI is InChI=1S/C15H15ClN4O/c1-9-12(6-7-17)15(21)20-14(18-9)8-13(19-20)10-2-4-11(16)5-3-10/h2-5,8,19H,6-7,17H2,1H3. The lowest BCUT2D eigenvalue weighted by Gasteiger charge is -2.03. The summed E-state index contributed by atoms with van der Waals surface area (Å²) in [5.41, 5.74) is 9.21. The minimum absolute atomic E-state index is 0.0943. The van der Waals surface area contributed by atoms with Crippen molar-refractivity contribution in [2.45, 2.75) is 13.3 Å². The van der Waals surface area contributed by atoms with Crippen LogP contribution >= 0.6 is 11.6 Å². The summed E-state index contributed by atoms with van der Waals surface area (Å²) in [5.74, 6) is 0. The molecule has 2 heterocycles. The molecule has 0 saturated heterocycles. The van der Waals surface area contributed by atoms with E-state index in [-0.39, 0.29) is 5.56 Å². The first-order valence-electron chi connectivity index (χ1n) is 6.67. The largest absolute Gasteiger partial charge is 0.330 e. The smallest absolute Gasteiger partial charge is 0.276 e. The Kier molecular flexibility index (Phi) is 3.53. The van der Waals surface area contributed by atoms with Gasteiger partial charge in [0.1, 0.15) is 0 Å². The molecule has 0 amide bonds. The molecule has 21 heavy (non-hydrogen) atoms. The minimum Gasteiger partial charge on any atom is -0.330 e. The molecule has 0 aliphatic carbocycles. The first kappa shape index (κ1) is 13.9. The molecule has 0 unspecified atom stereocenters. The van der Waals surface area contributed by atoms with Gasteiger partial charge in [-0.15, -0.1) is 0 Å². The maximum absolute atomic E-state index is 12.5. The van der Waals surface area contributed by atoms with Crippen LogP contribution in [0.3, 0.4) is 0 Å². The summed E-state index contributed by atoms with van der Waals surface area (Å²) in [6, 6.07) is 9.26. The summed E-state index contributed by atoms with van der Waals surface area (Å²) in [7, 11) is 0. The van der Waals surface area contributed by atoms with Gasteiger partial charge in [0.25, 0.3) is 5.56 Å². The molecule has 5 nitrogen and oxygen atoms in total. The number of hydrogen-bond acceptors (Lipinski definition) is 3. The van der Waals surface area contributed by atoms with Crippen molar-refractivity contribution in [2.75, 3.05) is 6.54 Å². The van der Waals surface area contributed by atoms with E-state index in [0.29, 0.717) is 29.2 Å². The fourth-order valence-corrected chi connectivity index (χ4v) is 2.51. The monoisotopic (exact) mass is 302 g/mol. The lowest BCUT2D eigenvalue weighted by molar-refractivity contribution is 0.835. The molecule has 3 rings (SSSR count). The fourth-order valence-electron chi connectivity index (χ4n) is 2.38. The van der Waals surface area contributed by atoms with Gasteiger partial charge in [0.05, 0.1) is 5.69 Å². The minimum atomic E-state index is -0.0943. The third-order valence-electron chi connectivity index (χ3n) is 3.46. The maximum Gasteiger partial charge on any atom is 0.276 e. The molecule has 0 bridgehead atoms. The summed E-state index contributed by atoms with van der Waals surface area (Å²) in [5, 5.41) is 3.76. The highest BCUT2D eigenvalue weighted by Gasteiger charge is 2.12. The Bertz CT molecular complexity index is 848. The molecule has 108 valence electrons. The Labute approximate surface area is 126 Å². The van der Waals surface area contributed by atoms with E-state index >= 15 is 0 Å². The van der Waals surface area contributed by atoms with E-state index in [1.165, 1.54) is 4.52 Å². The molecule has 1 aromatic carbocycles. The Balaban J connectivity index is 2.18. The lowest BCUT2D eigenvalue weighted by atomic mass is 10.1. The number of hydrogen-bond donors (Lipinski definition) is 2. The molecule has 0 saturated carbocycles. The third kappa shape index (κ3) is 2.46. The second-order valence-corrected chi connectivity index (χ2v) is 5.33. The Hall–Kier alpha value is -2.11. The fraction of sp³-hybridized carbons (Fsp3) is 0.200. The highest BCUT2D eigenvalue weighted by atomic mass is 35.5. The van der Waals surface area contributed by atoms with Crippen LogP contribution in [0.15, 0.2) is 35.1 Å². The molecule has 0 aliphatic rings.